The van der Waals surface area contributed by atoms with Gasteiger partial charge in [0.25, 0.3) is 0 Å². The van der Waals surface area contributed by atoms with Crippen LogP contribution < -0.4 is 11.1 Å². The zero-order valence-corrected chi connectivity index (χ0v) is 14.7. The van der Waals surface area contributed by atoms with Crippen LogP contribution in [-0.2, 0) is 11.2 Å². The minimum Gasteiger partial charge on any atom is -0.350 e. The molecular formula is C16H24N4O2S. The third-order valence-corrected chi connectivity index (χ3v) is 4.39. The van der Waals surface area contributed by atoms with E-state index < -0.39 is 0 Å². The lowest BCUT2D eigenvalue weighted by Crippen LogP contribution is -2.52. The summed E-state index contributed by atoms with van der Waals surface area (Å²) in [5.74, 6) is 1.46. The van der Waals surface area contributed by atoms with Gasteiger partial charge in [-0.1, -0.05) is 25.1 Å². The first-order valence-electron chi connectivity index (χ1n) is 7.79. The number of aromatic nitrogens is 2. The molecule has 0 bridgehead atoms. The van der Waals surface area contributed by atoms with Gasteiger partial charge in [-0.15, -0.1) is 11.3 Å². The average molecular weight is 336 g/mol. The molecule has 126 valence electrons. The minimum absolute atomic E-state index is 0.0468. The van der Waals surface area contributed by atoms with Crippen LogP contribution in [0.25, 0.3) is 10.7 Å². The van der Waals surface area contributed by atoms with Crippen molar-refractivity contribution in [2.75, 3.05) is 6.54 Å². The normalized spacial score (nSPS) is 14.0. The van der Waals surface area contributed by atoms with Crippen molar-refractivity contribution in [1.29, 1.82) is 0 Å². The number of rotatable bonds is 8. The molecule has 2 rings (SSSR count). The Balaban J connectivity index is 1.87. The fraction of sp³-hybridized carbons (Fsp3) is 0.562. The molecule has 0 radical (unpaired) electrons. The van der Waals surface area contributed by atoms with Gasteiger partial charge in [0.15, 0.2) is 0 Å². The van der Waals surface area contributed by atoms with E-state index in [2.05, 4.69) is 29.3 Å². The SMILES string of the molecule is CC(C)CC(C)(CN)NC(=O)CCc1nc(-c2cccs2)no1. The monoisotopic (exact) mass is 336 g/mol. The molecule has 2 heterocycles. The predicted octanol–water partition coefficient (Wildman–Crippen LogP) is 2.61. The van der Waals surface area contributed by atoms with E-state index in [1.807, 2.05) is 24.4 Å². The molecule has 0 aliphatic carbocycles. The molecular weight excluding hydrogens is 312 g/mol. The van der Waals surface area contributed by atoms with Gasteiger partial charge in [-0.05, 0) is 30.7 Å². The summed E-state index contributed by atoms with van der Waals surface area (Å²) in [6, 6.07) is 3.87. The number of carbonyl (C=O) groups is 1. The summed E-state index contributed by atoms with van der Waals surface area (Å²) in [4.78, 5) is 17.4. The van der Waals surface area contributed by atoms with Crippen molar-refractivity contribution in [2.24, 2.45) is 11.7 Å². The Bertz CT molecular complexity index is 624. The molecule has 6 nitrogen and oxygen atoms in total. The molecule has 0 aromatic carbocycles. The molecule has 0 saturated heterocycles. The summed E-state index contributed by atoms with van der Waals surface area (Å²) in [5, 5.41) is 8.93. The molecule has 3 N–H and O–H groups in total. The maximum absolute atomic E-state index is 12.2. The van der Waals surface area contributed by atoms with Gasteiger partial charge in [-0.3, -0.25) is 4.79 Å². The van der Waals surface area contributed by atoms with Crippen molar-refractivity contribution in [2.45, 2.75) is 45.6 Å². The first-order chi connectivity index (χ1) is 10.9. The maximum atomic E-state index is 12.2. The summed E-state index contributed by atoms with van der Waals surface area (Å²) in [6.45, 7) is 6.63. The summed E-state index contributed by atoms with van der Waals surface area (Å²) < 4.78 is 5.20. The fourth-order valence-electron chi connectivity index (χ4n) is 2.57. The second-order valence-corrected chi connectivity index (χ2v) is 7.35. The van der Waals surface area contributed by atoms with Gasteiger partial charge >= 0.3 is 0 Å². The number of nitrogens with zero attached hydrogens (tertiary/aromatic N) is 2. The van der Waals surface area contributed by atoms with Crippen molar-refractivity contribution >= 4 is 17.2 Å². The average Bonchev–Trinajstić information content (AvgIpc) is 3.15. The van der Waals surface area contributed by atoms with Crippen molar-refractivity contribution in [3.63, 3.8) is 0 Å². The van der Waals surface area contributed by atoms with Gasteiger partial charge in [-0.2, -0.15) is 4.98 Å². The molecule has 23 heavy (non-hydrogen) atoms. The van der Waals surface area contributed by atoms with Crippen LogP contribution in [0.2, 0.25) is 0 Å². The highest BCUT2D eigenvalue weighted by Crippen LogP contribution is 2.21. The summed E-state index contributed by atoms with van der Waals surface area (Å²) in [6.07, 6.45) is 1.57. The van der Waals surface area contributed by atoms with Gasteiger partial charge < -0.3 is 15.6 Å². The zero-order chi connectivity index (χ0) is 16.9. The van der Waals surface area contributed by atoms with Crippen molar-refractivity contribution < 1.29 is 9.32 Å². The van der Waals surface area contributed by atoms with E-state index in [1.165, 1.54) is 0 Å². The smallest absolute Gasteiger partial charge is 0.227 e. The lowest BCUT2D eigenvalue weighted by atomic mass is 9.90. The molecule has 7 heteroatoms. The Labute approximate surface area is 140 Å². The van der Waals surface area contributed by atoms with Gasteiger partial charge in [0, 0.05) is 24.9 Å². The first-order valence-corrected chi connectivity index (χ1v) is 8.67. The number of carbonyl (C=O) groups excluding carboxylic acids is 1. The zero-order valence-electron chi connectivity index (χ0n) is 13.8. The van der Waals surface area contributed by atoms with E-state index in [-0.39, 0.29) is 11.4 Å². The molecule has 0 spiro atoms. The highest BCUT2D eigenvalue weighted by molar-refractivity contribution is 7.13. The highest BCUT2D eigenvalue weighted by Gasteiger charge is 2.25. The Morgan fingerprint density at radius 1 is 1.52 bits per heavy atom. The second-order valence-electron chi connectivity index (χ2n) is 6.40. The quantitative estimate of drug-likeness (QED) is 0.773. The Hall–Kier alpha value is -1.73. The molecule has 0 fully saturated rings. The van der Waals surface area contributed by atoms with E-state index in [9.17, 15) is 4.79 Å². The van der Waals surface area contributed by atoms with Crippen LogP contribution in [0.4, 0.5) is 0 Å². The van der Waals surface area contributed by atoms with Gasteiger partial charge in [0.1, 0.15) is 0 Å². The van der Waals surface area contributed by atoms with E-state index >= 15 is 0 Å². The summed E-state index contributed by atoms with van der Waals surface area (Å²) >= 11 is 1.55. The molecule has 0 aliphatic heterocycles. The lowest BCUT2D eigenvalue weighted by molar-refractivity contribution is -0.123. The topological polar surface area (TPSA) is 94.0 Å². The van der Waals surface area contributed by atoms with E-state index in [0.29, 0.717) is 37.0 Å². The second kappa shape index (κ2) is 7.70. The number of hydrogen-bond acceptors (Lipinski definition) is 6. The Morgan fingerprint density at radius 3 is 2.91 bits per heavy atom. The number of hydrogen-bond donors (Lipinski definition) is 2. The van der Waals surface area contributed by atoms with E-state index in [1.54, 1.807) is 11.3 Å². The standard InChI is InChI=1S/C16H24N4O2S/c1-11(2)9-16(3,10-17)19-13(21)6-7-14-18-15(20-22-14)12-5-4-8-23-12/h4-5,8,11H,6-7,9-10,17H2,1-3H3,(H,19,21). The highest BCUT2D eigenvalue weighted by atomic mass is 32.1. The minimum atomic E-state index is -0.373. The summed E-state index contributed by atoms with van der Waals surface area (Å²) in [5.41, 5.74) is 5.44. The van der Waals surface area contributed by atoms with Crippen LogP contribution in [0.5, 0.6) is 0 Å². The first kappa shape index (κ1) is 17.6. The number of thiophene rings is 1. The van der Waals surface area contributed by atoms with Crippen LogP contribution in [0, 0.1) is 5.92 Å². The fourth-order valence-corrected chi connectivity index (χ4v) is 3.22. The van der Waals surface area contributed by atoms with E-state index in [0.717, 1.165) is 11.3 Å². The van der Waals surface area contributed by atoms with Crippen LogP contribution >= 0.6 is 11.3 Å². The molecule has 0 aliphatic rings. The Kier molecular flexibility index (Phi) is 5.90. The third-order valence-electron chi connectivity index (χ3n) is 3.53. The number of nitrogens with one attached hydrogen (secondary N) is 1. The largest absolute Gasteiger partial charge is 0.350 e. The summed E-state index contributed by atoms with van der Waals surface area (Å²) in [7, 11) is 0. The maximum Gasteiger partial charge on any atom is 0.227 e. The molecule has 2 aromatic heterocycles. The molecule has 1 unspecified atom stereocenters. The van der Waals surface area contributed by atoms with Crippen LogP contribution in [-0.4, -0.2) is 28.1 Å². The van der Waals surface area contributed by atoms with Crippen LogP contribution in [0.15, 0.2) is 22.0 Å². The number of amides is 1. The lowest BCUT2D eigenvalue weighted by Gasteiger charge is -2.31. The third kappa shape index (κ3) is 5.14. The van der Waals surface area contributed by atoms with E-state index in [4.69, 9.17) is 10.3 Å². The van der Waals surface area contributed by atoms with Crippen LogP contribution in [0.1, 0.15) is 39.5 Å². The number of nitrogens with two attached hydrogens (primary N) is 1. The van der Waals surface area contributed by atoms with Gasteiger partial charge in [0.05, 0.1) is 4.88 Å². The van der Waals surface area contributed by atoms with Crippen molar-refractivity contribution in [3.05, 3.63) is 23.4 Å². The number of aryl methyl sites for hydroxylation is 1. The molecule has 1 amide bonds. The van der Waals surface area contributed by atoms with Gasteiger partial charge in [-0.25, -0.2) is 0 Å². The van der Waals surface area contributed by atoms with Gasteiger partial charge in [0.2, 0.25) is 17.6 Å². The van der Waals surface area contributed by atoms with Crippen molar-refractivity contribution in [3.8, 4) is 10.7 Å². The van der Waals surface area contributed by atoms with Crippen LogP contribution in [0.3, 0.4) is 0 Å². The molecule has 1 atom stereocenters. The predicted molar refractivity (Wildman–Crippen MR) is 91.0 cm³/mol. The Morgan fingerprint density at radius 2 is 2.30 bits per heavy atom. The molecule has 0 saturated carbocycles. The van der Waals surface area contributed by atoms with Crippen molar-refractivity contribution in [1.82, 2.24) is 15.5 Å². The molecule has 2 aromatic rings.